The maximum atomic E-state index is 11.8. The van der Waals surface area contributed by atoms with Gasteiger partial charge in [-0.3, -0.25) is 0 Å². The largest absolute Gasteiger partial charge is 0.508 e. The van der Waals surface area contributed by atoms with Crippen LogP contribution < -0.4 is 16.4 Å². The summed E-state index contributed by atoms with van der Waals surface area (Å²) in [6.07, 6.45) is 16.7. The number of carboxylic acid groups (broad SMARTS) is 1. The van der Waals surface area contributed by atoms with E-state index in [4.69, 9.17) is 43.1 Å². The van der Waals surface area contributed by atoms with Crippen molar-refractivity contribution in [3.05, 3.63) is 17.5 Å². The maximum Gasteiger partial charge on any atom is 0.508 e. The lowest BCUT2D eigenvalue weighted by Crippen LogP contribution is -2.36. The Labute approximate surface area is 326 Å². The van der Waals surface area contributed by atoms with E-state index in [2.05, 4.69) is 52.0 Å². The van der Waals surface area contributed by atoms with Gasteiger partial charge in [0, 0.05) is 17.7 Å². The number of ether oxygens (including phenoxy) is 4. The first kappa shape index (κ1) is 41.6. The monoisotopic (exact) mass is 790 g/mol. The van der Waals surface area contributed by atoms with Gasteiger partial charge in [-0.1, -0.05) is 39.5 Å². The number of carbonyl (C=O) groups excluding carboxylic acids is 2. The van der Waals surface area contributed by atoms with Crippen LogP contribution in [0.2, 0.25) is 5.28 Å². The van der Waals surface area contributed by atoms with Crippen molar-refractivity contribution in [2.24, 2.45) is 23.2 Å². The second-order valence-electron chi connectivity index (χ2n) is 15.7. The normalized spacial score (nSPS) is 30.7. The van der Waals surface area contributed by atoms with Crippen LogP contribution in [0.5, 0.6) is 0 Å². The summed E-state index contributed by atoms with van der Waals surface area (Å²) in [5.74, 6) is 7.68. The third-order valence-corrected chi connectivity index (χ3v) is 12.4. The van der Waals surface area contributed by atoms with Crippen LogP contribution in [0.3, 0.4) is 0 Å². The van der Waals surface area contributed by atoms with Gasteiger partial charge in [0.1, 0.15) is 24.3 Å². The zero-order valence-electron chi connectivity index (χ0n) is 31.5. The Morgan fingerprint density at radius 1 is 1.13 bits per heavy atom. The topological polar surface area (TPSA) is 189 Å². The lowest BCUT2D eigenvalue weighted by Gasteiger charge is -2.47. The highest BCUT2D eigenvalue weighted by molar-refractivity contribution is 7.99. The van der Waals surface area contributed by atoms with E-state index in [1.807, 2.05) is 11.8 Å². The summed E-state index contributed by atoms with van der Waals surface area (Å²) < 4.78 is 22.8. The number of halogens is 1. The van der Waals surface area contributed by atoms with Gasteiger partial charge in [0.25, 0.3) is 0 Å². The molecule has 298 valence electrons. The van der Waals surface area contributed by atoms with Crippen LogP contribution in [-0.2, 0) is 18.9 Å². The van der Waals surface area contributed by atoms with Gasteiger partial charge in [0.15, 0.2) is 5.60 Å². The third-order valence-electron chi connectivity index (χ3n) is 11.0. The Hall–Kier alpha value is -3.61. The predicted octanol–water partition coefficient (Wildman–Crippen LogP) is 7.40. The Morgan fingerprint density at radius 3 is 2.48 bits per heavy atom. The molecule has 2 amide bonds. The van der Waals surface area contributed by atoms with Crippen LogP contribution in [0.1, 0.15) is 97.6 Å². The number of nitrogens with two attached hydrogens (primary N) is 1. The van der Waals surface area contributed by atoms with Gasteiger partial charge in [-0.05, 0) is 98.6 Å². The summed E-state index contributed by atoms with van der Waals surface area (Å²) in [5, 5.41) is 14.9. The molecule has 2 saturated carbocycles. The Morgan fingerprint density at radius 2 is 1.83 bits per heavy atom. The number of aromatic nitrogens is 3. The van der Waals surface area contributed by atoms with E-state index in [-0.39, 0.29) is 24.1 Å². The van der Waals surface area contributed by atoms with Gasteiger partial charge in [-0.25, -0.2) is 19.4 Å². The number of hydrogen-bond donors (Lipinski definition) is 4. The Bertz CT molecular complexity index is 1620. The molecule has 3 saturated heterocycles. The number of fused-ring (bicyclic) bond motifs is 4. The molecule has 2 aromatic rings. The van der Waals surface area contributed by atoms with E-state index >= 15 is 0 Å². The smallest absolute Gasteiger partial charge is 0.450 e. The van der Waals surface area contributed by atoms with Crippen molar-refractivity contribution in [3.63, 3.8) is 0 Å². The molecule has 14 nitrogen and oxygen atoms in total. The lowest BCUT2D eigenvalue weighted by molar-refractivity contribution is -0.0730. The first-order valence-corrected chi connectivity index (χ1v) is 20.6. The molecule has 5 heterocycles. The van der Waals surface area contributed by atoms with Gasteiger partial charge >= 0.3 is 18.3 Å². The van der Waals surface area contributed by atoms with Crippen molar-refractivity contribution in [3.8, 4) is 12.3 Å². The Kier molecular flexibility index (Phi) is 14.5. The number of nitrogens with zero attached hydrogens (tertiary/aromatic N) is 3. The number of amides is 2. The molecule has 4 unspecified atom stereocenters. The zero-order valence-corrected chi connectivity index (χ0v) is 33.1. The van der Waals surface area contributed by atoms with E-state index in [1.54, 1.807) is 16.8 Å². The standard InChI is InChI=1S/C19H23ClN4O4.C14H24O3.C5H8N2OS/c1-3-5-6-11-26-18(25)27-12-19(4-2)9-7-14(28-19)24-10-8-13-15(21)22-17(20)23-16(13)24;1-10-5-11-7-12(6-10)9-14(2,8-11)3-4-17-13(15)16;8-5-6-3-1-9-2-4(3)7-5/h2,8,10,14H,3,5-7,9,11-12H2,1H3,(H2,21,22,23);10-12H,3-9H2,1-2H3,(H,15,16);3-4H,1-2H2,(H2,6,7,8)/t14-,19+;10?,11-,12?,14?;3-,4?/m100/s1. The number of unbranched alkanes of at least 4 members (excludes halogenated alkanes) is 2. The van der Waals surface area contributed by atoms with Gasteiger partial charge in [0.2, 0.25) is 5.28 Å². The second-order valence-corrected chi connectivity index (χ2v) is 17.1. The van der Waals surface area contributed by atoms with Crippen LogP contribution in [0, 0.1) is 35.5 Å². The number of urea groups is 1. The SMILES string of the molecule is C#C[C@@]1(COC(=O)OCCCCC)CC[C@H](n2ccc3c(N)nc(Cl)nc32)O1.CC1CC2C[C@H](C1)CC(C)(CCOC(=O)O)C2.O=C1NC2CSC[C@@H]2N1. The Balaban J connectivity index is 0.000000180. The number of terminal acetylenes is 1. The zero-order chi connectivity index (χ0) is 38.9. The van der Waals surface area contributed by atoms with Crippen molar-refractivity contribution in [1.82, 2.24) is 25.2 Å². The van der Waals surface area contributed by atoms with E-state index < -0.39 is 17.9 Å². The number of thioether (sulfide) groups is 1. The quantitative estimate of drug-likeness (QED) is 0.0615. The molecule has 2 aromatic heterocycles. The highest BCUT2D eigenvalue weighted by Crippen LogP contribution is 2.51. The molecule has 16 heteroatoms. The average molecular weight is 791 g/mol. The van der Waals surface area contributed by atoms with E-state index in [0.29, 0.717) is 60.4 Å². The van der Waals surface area contributed by atoms with Gasteiger partial charge in [-0.2, -0.15) is 16.7 Å². The highest BCUT2D eigenvalue weighted by Gasteiger charge is 2.42. The van der Waals surface area contributed by atoms with Crippen LogP contribution in [0.25, 0.3) is 11.0 Å². The fourth-order valence-corrected chi connectivity index (χ4v) is 10.1. The first-order valence-electron chi connectivity index (χ1n) is 19.1. The molecule has 0 spiro atoms. The maximum absolute atomic E-state index is 11.8. The molecule has 7 rings (SSSR count). The highest BCUT2D eigenvalue weighted by atomic mass is 35.5. The van der Waals surface area contributed by atoms with Crippen molar-refractivity contribution in [2.75, 3.05) is 37.1 Å². The summed E-state index contributed by atoms with van der Waals surface area (Å²) >= 11 is 7.82. The summed E-state index contributed by atoms with van der Waals surface area (Å²) in [4.78, 5) is 40.9. The number of hydrogen-bond acceptors (Lipinski definition) is 11. The van der Waals surface area contributed by atoms with Crippen LogP contribution in [-0.4, -0.2) is 87.0 Å². The van der Waals surface area contributed by atoms with Crippen molar-refractivity contribution < 1.29 is 38.4 Å². The number of nitrogens with one attached hydrogen (secondary N) is 2. The summed E-state index contributed by atoms with van der Waals surface area (Å²) in [7, 11) is 0. The molecule has 5 N–H and O–H groups in total. The molecule has 5 fully saturated rings. The first-order chi connectivity index (χ1) is 25.8. The predicted molar refractivity (Wildman–Crippen MR) is 207 cm³/mol. The van der Waals surface area contributed by atoms with Crippen LogP contribution in [0.15, 0.2) is 12.3 Å². The van der Waals surface area contributed by atoms with Crippen molar-refractivity contribution in [1.29, 1.82) is 0 Å². The second kappa shape index (κ2) is 18.8. The summed E-state index contributed by atoms with van der Waals surface area (Å²) in [6, 6.07) is 2.61. The summed E-state index contributed by atoms with van der Waals surface area (Å²) in [5.41, 5.74) is 5.74. The van der Waals surface area contributed by atoms with E-state index in [9.17, 15) is 14.4 Å². The van der Waals surface area contributed by atoms with Gasteiger partial charge in [0.05, 0.1) is 30.7 Å². The van der Waals surface area contributed by atoms with Crippen LogP contribution in [0.4, 0.5) is 20.2 Å². The molecule has 2 aliphatic carbocycles. The van der Waals surface area contributed by atoms with Crippen molar-refractivity contribution >= 4 is 58.6 Å². The third kappa shape index (κ3) is 11.2. The molecule has 3 aliphatic heterocycles. The number of nitrogen functional groups attached to an aromatic ring is 1. The molecule has 8 atom stereocenters. The number of rotatable bonds is 10. The van der Waals surface area contributed by atoms with Crippen LogP contribution >= 0.6 is 23.4 Å². The molecule has 0 radical (unpaired) electrons. The minimum atomic E-state index is -1.14. The number of carbonyl (C=O) groups is 3. The van der Waals surface area contributed by atoms with E-state index in [0.717, 1.165) is 54.9 Å². The fourth-order valence-electron chi connectivity index (χ4n) is 8.69. The number of anilines is 1. The molecule has 0 aromatic carbocycles. The van der Waals surface area contributed by atoms with Gasteiger partial charge in [-0.15, -0.1) is 6.42 Å². The molecule has 5 aliphatic rings. The van der Waals surface area contributed by atoms with Crippen molar-refractivity contribution in [2.45, 2.75) is 115 Å². The fraction of sp³-hybridized carbons (Fsp3) is 0.711. The average Bonchev–Trinajstić information content (AvgIpc) is 3.90. The minimum absolute atomic E-state index is 0.00491. The lowest BCUT2D eigenvalue weighted by atomic mass is 9.59. The molecular weight excluding hydrogens is 736 g/mol. The molecule has 54 heavy (non-hydrogen) atoms. The van der Waals surface area contributed by atoms with Gasteiger partial charge < -0.3 is 45.0 Å². The van der Waals surface area contributed by atoms with E-state index in [1.165, 1.54) is 32.1 Å². The minimum Gasteiger partial charge on any atom is -0.450 e. The molecule has 2 bridgehead atoms. The molecular formula is C38H55ClN6O8S. The summed E-state index contributed by atoms with van der Waals surface area (Å²) in [6.45, 7) is 7.37.